The Morgan fingerprint density at radius 3 is 2.57 bits per heavy atom. The quantitative estimate of drug-likeness (QED) is 0.0796. The first-order valence-corrected chi connectivity index (χ1v) is 16.9. The lowest BCUT2D eigenvalue weighted by molar-refractivity contribution is 0.0513. The number of nitrogens with zero attached hydrogens (tertiary/aromatic N) is 3. The lowest BCUT2D eigenvalue weighted by Gasteiger charge is -2.13. The Morgan fingerprint density at radius 2 is 1.69 bits per heavy atom. The summed E-state index contributed by atoms with van der Waals surface area (Å²) in [6, 6.07) is 30.8. The van der Waals surface area contributed by atoms with Crippen LogP contribution >= 0.6 is 0 Å². The summed E-state index contributed by atoms with van der Waals surface area (Å²) >= 11 is 0. The van der Waals surface area contributed by atoms with E-state index in [2.05, 4.69) is 59.2 Å². The summed E-state index contributed by atoms with van der Waals surface area (Å²) in [5, 5.41) is 8.19. The number of fused-ring (bicyclic) bond motifs is 3. The molecule has 0 radical (unpaired) electrons. The van der Waals surface area contributed by atoms with E-state index in [0.717, 1.165) is 67.5 Å². The molecule has 3 heterocycles. The van der Waals surface area contributed by atoms with Crippen molar-refractivity contribution >= 4 is 27.6 Å². The Morgan fingerprint density at radius 1 is 0.898 bits per heavy atom. The van der Waals surface area contributed by atoms with Crippen molar-refractivity contribution in [2.45, 2.75) is 46.1 Å². The van der Waals surface area contributed by atoms with Crippen molar-refractivity contribution in [3.05, 3.63) is 131 Å². The van der Waals surface area contributed by atoms with Gasteiger partial charge in [0.2, 0.25) is 0 Å². The number of aromatic nitrogens is 3. The van der Waals surface area contributed by atoms with Gasteiger partial charge < -0.3 is 23.5 Å². The molecule has 0 fully saturated rings. The number of hydrogen-bond acceptors (Lipinski definition) is 6. The number of carbonyl (C=O) groups is 1. The second-order valence-corrected chi connectivity index (χ2v) is 12.1. The zero-order valence-corrected chi connectivity index (χ0v) is 28.1. The van der Waals surface area contributed by atoms with E-state index < -0.39 is 0 Å². The number of allylic oxidation sites excluding steroid dienone is 1. The molecule has 0 unspecified atom stereocenters. The van der Waals surface area contributed by atoms with Crippen LogP contribution in [0.1, 0.15) is 46.3 Å². The molecule has 0 amide bonds. The van der Waals surface area contributed by atoms with E-state index in [4.69, 9.17) is 24.0 Å². The van der Waals surface area contributed by atoms with Crippen molar-refractivity contribution in [2.24, 2.45) is 7.05 Å². The lowest BCUT2D eigenvalue weighted by Crippen LogP contribution is -2.14. The van der Waals surface area contributed by atoms with Crippen LogP contribution in [-0.4, -0.2) is 40.1 Å². The van der Waals surface area contributed by atoms with Gasteiger partial charge in [-0.05, 0) is 42.3 Å². The third-order valence-electron chi connectivity index (χ3n) is 9.00. The molecule has 6 aromatic rings. The number of para-hydroxylation sites is 1. The van der Waals surface area contributed by atoms with Crippen LogP contribution in [-0.2, 0) is 54.0 Å². The predicted octanol–water partition coefficient (Wildman–Crippen LogP) is 8.19. The molecule has 1 aliphatic rings. The molecule has 8 heteroatoms. The SMILES string of the molecule is CCOC(=O)c1c(CCCOc2cccc3ccccc23)c2cccc3c2n1C/C=C\COCc1c-3c(COCc2ccccc2)nn1C. The van der Waals surface area contributed by atoms with E-state index in [1.807, 2.05) is 67.2 Å². The Bertz CT molecular complexity index is 2110. The maximum atomic E-state index is 13.8. The predicted molar refractivity (Wildman–Crippen MR) is 192 cm³/mol. The summed E-state index contributed by atoms with van der Waals surface area (Å²) in [7, 11) is 1.95. The summed E-state index contributed by atoms with van der Waals surface area (Å²) in [6.45, 7) is 4.78. The van der Waals surface area contributed by atoms with E-state index in [1.54, 1.807) is 0 Å². The van der Waals surface area contributed by atoms with Gasteiger partial charge in [0.15, 0.2) is 0 Å². The molecule has 49 heavy (non-hydrogen) atoms. The van der Waals surface area contributed by atoms with E-state index in [-0.39, 0.29) is 12.6 Å². The van der Waals surface area contributed by atoms with Crippen molar-refractivity contribution < 1.29 is 23.7 Å². The number of ether oxygens (including phenoxy) is 4. The highest BCUT2D eigenvalue weighted by atomic mass is 16.5. The molecule has 1 aliphatic heterocycles. The Kier molecular flexibility index (Phi) is 9.86. The molecule has 0 spiro atoms. The van der Waals surface area contributed by atoms with E-state index in [9.17, 15) is 4.79 Å². The fourth-order valence-corrected chi connectivity index (χ4v) is 6.81. The lowest BCUT2D eigenvalue weighted by atomic mass is 9.98. The molecular weight excluding hydrogens is 614 g/mol. The molecule has 7 rings (SSSR count). The summed E-state index contributed by atoms with van der Waals surface area (Å²) in [5.74, 6) is 0.535. The molecule has 4 aromatic carbocycles. The van der Waals surface area contributed by atoms with Crippen LogP contribution < -0.4 is 4.74 Å². The van der Waals surface area contributed by atoms with Gasteiger partial charge in [-0.2, -0.15) is 5.10 Å². The van der Waals surface area contributed by atoms with Gasteiger partial charge in [0.25, 0.3) is 0 Å². The topological polar surface area (TPSA) is 76.7 Å². The number of benzene rings is 4. The minimum atomic E-state index is -0.327. The molecular formula is C41H41N3O5. The number of carbonyl (C=O) groups excluding carboxylic acids is 1. The van der Waals surface area contributed by atoms with Crippen LogP contribution in [0.25, 0.3) is 32.8 Å². The number of hydrogen-bond donors (Lipinski definition) is 0. The monoisotopic (exact) mass is 655 g/mol. The summed E-state index contributed by atoms with van der Waals surface area (Å²) in [5.41, 5.74) is 7.36. The number of rotatable bonds is 11. The van der Waals surface area contributed by atoms with Crippen LogP contribution in [0.2, 0.25) is 0 Å². The zero-order valence-electron chi connectivity index (χ0n) is 28.1. The van der Waals surface area contributed by atoms with Crippen molar-refractivity contribution in [3.8, 4) is 16.9 Å². The van der Waals surface area contributed by atoms with Crippen LogP contribution in [0.5, 0.6) is 5.75 Å². The third kappa shape index (κ3) is 6.75. The van der Waals surface area contributed by atoms with Crippen LogP contribution in [0.15, 0.2) is 103 Å². The second kappa shape index (κ2) is 14.9. The highest BCUT2D eigenvalue weighted by Crippen LogP contribution is 2.39. The summed E-state index contributed by atoms with van der Waals surface area (Å²) < 4.78 is 28.3. The highest BCUT2D eigenvalue weighted by Gasteiger charge is 2.28. The fourth-order valence-electron chi connectivity index (χ4n) is 6.81. The maximum absolute atomic E-state index is 13.8. The van der Waals surface area contributed by atoms with Gasteiger partial charge >= 0.3 is 5.97 Å². The van der Waals surface area contributed by atoms with Gasteiger partial charge in [-0.1, -0.05) is 97.1 Å². The van der Waals surface area contributed by atoms with Gasteiger partial charge in [0.05, 0.1) is 56.5 Å². The van der Waals surface area contributed by atoms with Crippen molar-refractivity contribution in [1.29, 1.82) is 0 Å². The molecule has 2 aromatic heterocycles. The summed E-state index contributed by atoms with van der Waals surface area (Å²) in [6.07, 6.45) is 5.43. The molecule has 0 saturated carbocycles. The fraction of sp³-hybridized carbons (Fsp3) is 0.268. The first kappa shape index (κ1) is 32.4. The molecule has 250 valence electrons. The van der Waals surface area contributed by atoms with Gasteiger partial charge in [0.1, 0.15) is 11.4 Å². The zero-order chi connectivity index (χ0) is 33.6. The van der Waals surface area contributed by atoms with Crippen LogP contribution in [0, 0.1) is 0 Å². The van der Waals surface area contributed by atoms with Crippen molar-refractivity contribution in [3.63, 3.8) is 0 Å². The minimum absolute atomic E-state index is 0.288. The van der Waals surface area contributed by atoms with Crippen LogP contribution in [0.4, 0.5) is 0 Å². The molecule has 0 aliphatic carbocycles. The van der Waals surface area contributed by atoms with Crippen LogP contribution in [0.3, 0.4) is 0 Å². The molecule has 0 atom stereocenters. The van der Waals surface area contributed by atoms with Gasteiger partial charge in [-0.25, -0.2) is 4.79 Å². The van der Waals surface area contributed by atoms with Gasteiger partial charge in [-0.15, -0.1) is 0 Å². The van der Waals surface area contributed by atoms with Gasteiger partial charge in [0, 0.05) is 35.5 Å². The normalized spacial score (nSPS) is 13.6. The Balaban J connectivity index is 1.28. The minimum Gasteiger partial charge on any atom is -0.493 e. The van der Waals surface area contributed by atoms with E-state index >= 15 is 0 Å². The summed E-state index contributed by atoms with van der Waals surface area (Å²) in [4.78, 5) is 13.8. The molecule has 0 N–H and O–H groups in total. The molecule has 0 bridgehead atoms. The smallest absolute Gasteiger partial charge is 0.355 e. The molecule has 8 nitrogen and oxygen atoms in total. The standard InChI is InChI=1S/C41H41N3O5/c1-3-48-41(45)40-33(21-13-25-49-37-22-11-17-30-16-7-8-18-31(30)37)32-19-12-20-34-38-35(27-47-26-29-14-5-4-6-15-29)42-43(2)36(38)28-46-24-10-9-23-44(40)39(32)34/h4-12,14-20,22H,3,13,21,23-28H2,1-2H3/b10-9-. The largest absolute Gasteiger partial charge is 0.493 e. The number of aryl methyl sites for hydroxylation is 2. The number of esters is 1. The first-order valence-electron chi connectivity index (χ1n) is 16.9. The van der Waals surface area contributed by atoms with E-state index in [1.165, 1.54) is 0 Å². The average molecular weight is 656 g/mol. The second-order valence-electron chi connectivity index (χ2n) is 12.1. The average Bonchev–Trinajstić information content (AvgIpc) is 3.60. The third-order valence-corrected chi connectivity index (χ3v) is 9.00. The van der Waals surface area contributed by atoms with E-state index in [0.29, 0.717) is 51.7 Å². The highest BCUT2D eigenvalue weighted by molar-refractivity contribution is 6.05. The first-order chi connectivity index (χ1) is 24.1. The molecule has 0 saturated heterocycles. The Labute approximate surface area is 286 Å². The maximum Gasteiger partial charge on any atom is 0.355 e. The van der Waals surface area contributed by atoms with Crippen molar-refractivity contribution in [2.75, 3.05) is 19.8 Å². The van der Waals surface area contributed by atoms with Crippen molar-refractivity contribution in [1.82, 2.24) is 14.3 Å². The van der Waals surface area contributed by atoms with Gasteiger partial charge in [-0.3, -0.25) is 4.68 Å². The Hall–Kier alpha value is -5.18.